The van der Waals surface area contributed by atoms with Gasteiger partial charge in [-0.25, -0.2) is 4.39 Å². The summed E-state index contributed by atoms with van der Waals surface area (Å²) in [7, 11) is 0. The van der Waals surface area contributed by atoms with Crippen LogP contribution in [0, 0.1) is 5.82 Å². The summed E-state index contributed by atoms with van der Waals surface area (Å²) in [5.41, 5.74) is 0.944. The predicted octanol–water partition coefficient (Wildman–Crippen LogP) is 3.25. The topological polar surface area (TPSA) is 12.9 Å². The molecule has 0 aromatic carbocycles. The van der Waals surface area contributed by atoms with Crippen LogP contribution in [-0.2, 0) is 5.75 Å². The van der Waals surface area contributed by atoms with Gasteiger partial charge in [0.05, 0.1) is 6.20 Å². The van der Waals surface area contributed by atoms with Gasteiger partial charge in [0.1, 0.15) is 5.82 Å². The van der Waals surface area contributed by atoms with E-state index >= 15 is 0 Å². The molecule has 0 aliphatic rings. The first-order valence-electron chi connectivity index (χ1n) is 4.21. The fourth-order valence-electron chi connectivity index (χ4n) is 0.835. The van der Waals surface area contributed by atoms with E-state index in [0.29, 0.717) is 0 Å². The molecule has 0 N–H and O–H groups in total. The molecule has 0 saturated carbocycles. The average molecular weight is 199 g/mol. The molecule has 0 atom stereocenters. The number of pyridine rings is 1. The van der Waals surface area contributed by atoms with Gasteiger partial charge in [-0.05, 0) is 11.6 Å². The van der Waals surface area contributed by atoms with Crippen molar-refractivity contribution in [2.75, 3.05) is 0 Å². The Balaban J connectivity index is 2.55. The molecule has 1 rings (SSSR count). The van der Waals surface area contributed by atoms with Crippen molar-refractivity contribution < 1.29 is 4.39 Å². The molecule has 72 valence electrons. The van der Waals surface area contributed by atoms with Crippen molar-refractivity contribution in [3.63, 3.8) is 0 Å². The molecule has 0 aliphatic carbocycles. The summed E-state index contributed by atoms with van der Waals surface area (Å²) in [5, 5.41) is 0. The summed E-state index contributed by atoms with van der Waals surface area (Å²) in [4.78, 5) is 3.80. The van der Waals surface area contributed by atoms with E-state index in [2.05, 4.69) is 25.8 Å². The third-order valence-electron chi connectivity index (χ3n) is 1.43. The van der Waals surface area contributed by atoms with Crippen LogP contribution in [0.4, 0.5) is 4.39 Å². The molecule has 1 nitrogen and oxygen atoms in total. The number of thioether (sulfide) groups is 1. The Morgan fingerprint density at radius 1 is 1.38 bits per heavy atom. The van der Waals surface area contributed by atoms with Gasteiger partial charge in [0.15, 0.2) is 0 Å². The Kier molecular flexibility index (Phi) is 3.31. The third-order valence-corrected chi connectivity index (χ3v) is 2.78. The maximum atomic E-state index is 12.7. The fourth-order valence-corrected chi connectivity index (χ4v) is 1.59. The average Bonchev–Trinajstić information content (AvgIpc) is 2.00. The van der Waals surface area contributed by atoms with Gasteiger partial charge in [-0.15, -0.1) is 0 Å². The molecule has 0 fully saturated rings. The van der Waals surface area contributed by atoms with E-state index in [1.165, 1.54) is 12.3 Å². The van der Waals surface area contributed by atoms with Crippen molar-refractivity contribution in [3.05, 3.63) is 29.8 Å². The number of nitrogens with zero attached hydrogens (tertiary/aromatic N) is 1. The molecule has 13 heavy (non-hydrogen) atoms. The molecule has 0 radical (unpaired) electrons. The zero-order chi connectivity index (χ0) is 9.90. The highest BCUT2D eigenvalue weighted by atomic mass is 32.2. The molecule has 0 unspecified atom stereocenters. The molecule has 0 bridgehead atoms. The van der Waals surface area contributed by atoms with Crippen LogP contribution in [0.25, 0.3) is 0 Å². The first kappa shape index (κ1) is 10.5. The number of aromatic nitrogens is 1. The first-order valence-corrected chi connectivity index (χ1v) is 5.19. The molecule has 1 aromatic rings. The van der Waals surface area contributed by atoms with E-state index in [1.54, 1.807) is 18.0 Å². The lowest BCUT2D eigenvalue weighted by atomic mass is 10.3. The van der Waals surface area contributed by atoms with Crippen LogP contribution >= 0.6 is 11.8 Å². The maximum Gasteiger partial charge on any atom is 0.141 e. The van der Waals surface area contributed by atoms with Crippen LogP contribution in [0.3, 0.4) is 0 Å². The van der Waals surface area contributed by atoms with E-state index in [1.807, 2.05) is 0 Å². The van der Waals surface area contributed by atoms with Crippen LogP contribution in [0.2, 0.25) is 0 Å². The molecule has 0 saturated heterocycles. The van der Waals surface area contributed by atoms with Gasteiger partial charge in [-0.1, -0.05) is 20.8 Å². The fraction of sp³-hybridized carbons (Fsp3) is 0.500. The van der Waals surface area contributed by atoms with Gasteiger partial charge >= 0.3 is 0 Å². The molecule has 3 heteroatoms. The third kappa shape index (κ3) is 4.27. The molecule has 0 aliphatic heterocycles. The smallest absolute Gasteiger partial charge is 0.141 e. The van der Waals surface area contributed by atoms with Crippen LogP contribution in [0.5, 0.6) is 0 Å². The monoisotopic (exact) mass is 199 g/mol. The van der Waals surface area contributed by atoms with Crippen molar-refractivity contribution >= 4 is 11.8 Å². The van der Waals surface area contributed by atoms with Gasteiger partial charge in [0.25, 0.3) is 0 Å². The quantitative estimate of drug-likeness (QED) is 0.725. The van der Waals surface area contributed by atoms with Crippen LogP contribution in [-0.4, -0.2) is 9.73 Å². The number of halogens is 1. The van der Waals surface area contributed by atoms with Gasteiger partial charge in [-0.3, -0.25) is 4.98 Å². The SMILES string of the molecule is CC(C)(C)SCc1cncc(F)c1. The Bertz CT molecular complexity index is 280. The Labute approximate surface area is 82.8 Å². The lowest BCUT2D eigenvalue weighted by molar-refractivity contribution is 0.619. The van der Waals surface area contributed by atoms with E-state index in [0.717, 1.165) is 11.3 Å². The van der Waals surface area contributed by atoms with Gasteiger partial charge in [0.2, 0.25) is 0 Å². The van der Waals surface area contributed by atoms with Crippen molar-refractivity contribution in [1.82, 2.24) is 4.98 Å². The number of hydrogen-bond acceptors (Lipinski definition) is 2. The van der Waals surface area contributed by atoms with E-state index in [9.17, 15) is 4.39 Å². The lowest BCUT2D eigenvalue weighted by Gasteiger charge is -2.17. The highest BCUT2D eigenvalue weighted by molar-refractivity contribution is 7.99. The van der Waals surface area contributed by atoms with Crippen LogP contribution < -0.4 is 0 Å². The van der Waals surface area contributed by atoms with E-state index < -0.39 is 0 Å². The lowest BCUT2D eigenvalue weighted by Crippen LogP contribution is -2.07. The van der Waals surface area contributed by atoms with Gasteiger partial charge in [-0.2, -0.15) is 11.8 Å². The van der Waals surface area contributed by atoms with Gasteiger partial charge < -0.3 is 0 Å². The summed E-state index contributed by atoms with van der Waals surface area (Å²) in [5.74, 6) is 0.556. The summed E-state index contributed by atoms with van der Waals surface area (Å²) in [6.45, 7) is 6.43. The van der Waals surface area contributed by atoms with Gasteiger partial charge in [0, 0.05) is 16.7 Å². The van der Waals surface area contributed by atoms with Crippen LogP contribution in [0.15, 0.2) is 18.5 Å². The summed E-state index contributed by atoms with van der Waals surface area (Å²) >= 11 is 1.79. The van der Waals surface area contributed by atoms with E-state index in [-0.39, 0.29) is 10.6 Å². The first-order chi connectivity index (χ1) is 5.97. The number of hydrogen-bond donors (Lipinski definition) is 0. The second kappa shape index (κ2) is 4.09. The van der Waals surface area contributed by atoms with Crippen molar-refractivity contribution in [2.45, 2.75) is 31.3 Å². The molecule has 0 amide bonds. The zero-order valence-corrected chi connectivity index (χ0v) is 8.99. The Hall–Kier alpha value is -0.570. The highest BCUT2D eigenvalue weighted by Crippen LogP contribution is 2.26. The maximum absolute atomic E-state index is 12.7. The summed E-state index contributed by atoms with van der Waals surface area (Å²) in [6.07, 6.45) is 2.94. The minimum absolute atomic E-state index is 0.215. The molecule has 1 aromatic heterocycles. The largest absolute Gasteiger partial charge is 0.261 e. The minimum atomic E-state index is -0.257. The number of rotatable bonds is 2. The molecular weight excluding hydrogens is 185 g/mol. The van der Waals surface area contributed by atoms with Crippen molar-refractivity contribution in [1.29, 1.82) is 0 Å². The molecular formula is C10H14FNS. The Morgan fingerprint density at radius 2 is 2.08 bits per heavy atom. The Morgan fingerprint density at radius 3 is 2.62 bits per heavy atom. The normalized spacial score (nSPS) is 11.7. The van der Waals surface area contributed by atoms with Crippen molar-refractivity contribution in [3.8, 4) is 0 Å². The molecule has 0 spiro atoms. The predicted molar refractivity (Wildman–Crippen MR) is 55.2 cm³/mol. The van der Waals surface area contributed by atoms with E-state index in [4.69, 9.17) is 0 Å². The standard InChI is InChI=1S/C10H14FNS/c1-10(2,3)13-7-8-4-9(11)6-12-5-8/h4-6H,7H2,1-3H3. The summed E-state index contributed by atoms with van der Waals surface area (Å²) < 4.78 is 12.9. The second-order valence-electron chi connectivity index (χ2n) is 3.91. The highest BCUT2D eigenvalue weighted by Gasteiger charge is 2.10. The summed E-state index contributed by atoms with van der Waals surface area (Å²) in [6, 6.07) is 1.53. The second-order valence-corrected chi connectivity index (χ2v) is 5.71. The zero-order valence-electron chi connectivity index (χ0n) is 8.17. The minimum Gasteiger partial charge on any atom is -0.261 e. The van der Waals surface area contributed by atoms with Crippen LogP contribution in [0.1, 0.15) is 26.3 Å². The van der Waals surface area contributed by atoms with Crippen molar-refractivity contribution in [2.24, 2.45) is 0 Å². The molecule has 1 heterocycles.